The van der Waals surface area contributed by atoms with Crippen molar-refractivity contribution in [3.05, 3.63) is 23.8 Å². The summed E-state index contributed by atoms with van der Waals surface area (Å²) in [4.78, 5) is 12.5. The van der Waals surface area contributed by atoms with Crippen LogP contribution in [0, 0.1) is 5.41 Å². The van der Waals surface area contributed by atoms with Gasteiger partial charge in [-0.3, -0.25) is 4.79 Å². The number of nitrogens with zero attached hydrogens (tertiary/aromatic N) is 1. The molecule has 0 saturated carbocycles. The Bertz CT molecular complexity index is 818. The van der Waals surface area contributed by atoms with Crippen molar-refractivity contribution in [2.45, 2.75) is 69.9 Å². The molecule has 2 atom stereocenters. The van der Waals surface area contributed by atoms with Gasteiger partial charge in [-0.05, 0) is 42.4 Å². The van der Waals surface area contributed by atoms with Crippen molar-refractivity contribution in [2.24, 2.45) is 5.41 Å². The highest BCUT2D eigenvalue weighted by molar-refractivity contribution is 7.89. The molecule has 3 aliphatic rings. The van der Waals surface area contributed by atoms with Crippen LogP contribution in [0.2, 0.25) is 0 Å². The molecule has 0 spiro atoms. The molecule has 0 unspecified atom stereocenters. The first-order valence-electron chi connectivity index (χ1n) is 9.60. The summed E-state index contributed by atoms with van der Waals surface area (Å²) >= 11 is 0. The Labute approximate surface area is 161 Å². The number of esters is 1. The number of benzene rings is 1. The Kier molecular flexibility index (Phi) is 5.54. The highest BCUT2D eigenvalue weighted by atomic mass is 32.2. The molecule has 27 heavy (non-hydrogen) atoms. The van der Waals surface area contributed by atoms with E-state index in [-0.39, 0.29) is 11.4 Å². The lowest BCUT2D eigenvalue weighted by atomic mass is 9.74. The number of rotatable bonds is 7. The van der Waals surface area contributed by atoms with Crippen molar-refractivity contribution in [3.63, 3.8) is 0 Å². The summed E-state index contributed by atoms with van der Waals surface area (Å²) in [5, 5.41) is 0. The van der Waals surface area contributed by atoms with Crippen LogP contribution in [-0.2, 0) is 26.0 Å². The molecule has 3 aliphatic heterocycles. The summed E-state index contributed by atoms with van der Waals surface area (Å²) in [6, 6.07) is 4.45. The van der Waals surface area contributed by atoms with E-state index in [0.717, 1.165) is 31.2 Å². The molecule has 0 radical (unpaired) electrons. The van der Waals surface area contributed by atoms with E-state index < -0.39 is 33.6 Å². The van der Waals surface area contributed by atoms with E-state index in [1.807, 2.05) is 19.9 Å². The van der Waals surface area contributed by atoms with Gasteiger partial charge in [0.25, 0.3) is 0 Å². The summed E-state index contributed by atoms with van der Waals surface area (Å²) in [6.45, 7) is 6.18. The number of morpholine rings is 1. The predicted octanol–water partition coefficient (Wildman–Crippen LogP) is 3.14. The normalized spacial score (nSPS) is 24.7. The Balaban J connectivity index is 1.94. The Morgan fingerprint density at radius 1 is 1.30 bits per heavy atom. The first kappa shape index (κ1) is 20.1. The number of carbonyl (C=O) groups is 1. The van der Waals surface area contributed by atoms with Gasteiger partial charge in [0.1, 0.15) is 22.8 Å². The molecule has 3 fully saturated rings. The van der Waals surface area contributed by atoms with Crippen LogP contribution in [0.3, 0.4) is 0 Å². The zero-order chi connectivity index (χ0) is 19.8. The van der Waals surface area contributed by atoms with Crippen molar-refractivity contribution in [3.8, 4) is 5.75 Å². The van der Waals surface area contributed by atoms with Gasteiger partial charge in [0, 0.05) is 0 Å². The van der Waals surface area contributed by atoms with Gasteiger partial charge >= 0.3 is 5.97 Å². The van der Waals surface area contributed by atoms with Crippen molar-refractivity contribution < 1.29 is 22.7 Å². The third-order valence-electron chi connectivity index (χ3n) is 5.56. The molecule has 0 aliphatic carbocycles. The monoisotopic (exact) mass is 395 g/mol. The summed E-state index contributed by atoms with van der Waals surface area (Å²) in [7, 11) is -2.40. The second-order valence-electron chi connectivity index (χ2n) is 8.17. The topological polar surface area (TPSA) is 72.9 Å². The Morgan fingerprint density at radius 2 is 2.04 bits per heavy atom. The number of carbonyl (C=O) groups excluding carboxylic acids is 1. The summed E-state index contributed by atoms with van der Waals surface area (Å²) < 4.78 is 38.8. The molecule has 3 heterocycles. The quantitative estimate of drug-likeness (QED) is 0.524. The van der Waals surface area contributed by atoms with Crippen LogP contribution < -0.4 is 4.74 Å². The van der Waals surface area contributed by atoms with E-state index in [1.54, 1.807) is 12.1 Å². The predicted molar refractivity (Wildman–Crippen MR) is 102 cm³/mol. The van der Waals surface area contributed by atoms with Gasteiger partial charge in [0.15, 0.2) is 0 Å². The fraction of sp³-hybridized carbons (Fsp3) is 0.650. The molecular formula is C20H29NO5S. The number of unbranched alkanes of at least 4 members (excludes halogenated alkanes) is 2. The molecular weight excluding hydrogens is 366 g/mol. The first-order valence-corrected chi connectivity index (χ1v) is 11.0. The minimum Gasteiger partial charge on any atom is -0.495 e. The fourth-order valence-corrected chi connectivity index (χ4v) is 6.13. The number of aryl methyl sites for hydroxylation is 1. The van der Waals surface area contributed by atoms with E-state index >= 15 is 0 Å². The van der Waals surface area contributed by atoms with Gasteiger partial charge in [-0.2, -0.15) is 4.31 Å². The minimum atomic E-state index is -3.87. The molecule has 7 heteroatoms. The largest absolute Gasteiger partial charge is 0.495 e. The van der Waals surface area contributed by atoms with E-state index in [1.165, 1.54) is 11.4 Å². The molecule has 0 amide bonds. The summed E-state index contributed by atoms with van der Waals surface area (Å²) in [6.07, 6.45) is 4.48. The number of methoxy groups -OCH3 is 1. The lowest BCUT2D eigenvalue weighted by Crippen LogP contribution is -2.66. The maximum absolute atomic E-state index is 13.4. The summed E-state index contributed by atoms with van der Waals surface area (Å²) in [5.41, 5.74) is 0.595. The van der Waals surface area contributed by atoms with E-state index in [2.05, 4.69) is 6.92 Å². The van der Waals surface area contributed by atoms with Crippen LogP contribution in [0.1, 0.15) is 52.0 Å². The SMILES string of the molecule is CCCCCc1ccc(S(=O)(=O)N2C[C@H]3CC(C)(C)[C@@H]2C(=O)O3)c(OC)c1. The number of sulfonamides is 1. The van der Waals surface area contributed by atoms with Crippen LogP contribution >= 0.6 is 0 Å². The molecule has 4 rings (SSSR count). The second-order valence-corrected chi connectivity index (χ2v) is 10.0. The molecule has 1 aromatic carbocycles. The van der Waals surface area contributed by atoms with Crippen LogP contribution in [0.25, 0.3) is 0 Å². The van der Waals surface area contributed by atoms with Crippen molar-refractivity contribution in [2.75, 3.05) is 13.7 Å². The molecule has 150 valence electrons. The first-order chi connectivity index (χ1) is 12.7. The molecule has 6 nitrogen and oxygen atoms in total. The molecule has 3 saturated heterocycles. The van der Waals surface area contributed by atoms with Crippen molar-refractivity contribution in [1.29, 1.82) is 0 Å². The van der Waals surface area contributed by atoms with Gasteiger partial charge in [-0.1, -0.05) is 39.7 Å². The van der Waals surface area contributed by atoms with Gasteiger partial charge in [-0.15, -0.1) is 0 Å². The number of hydrogen-bond acceptors (Lipinski definition) is 5. The second kappa shape index (κ2) is 7.43. The molecule has 1 aromatic rings. The number of fused-ring (bicyclic) bond motifs is 3. The third-order valence-corrected chi connectivity index (χ3v) is 7.43. The van der Waals surface area contributed by atoms with Gasteiger partial charge in [0.2, 0.25) is 10.0 Å². The Hall–Kier alpha value is -1.60. The van der Waals surface area contributed by atoms with Crippen molar-refractivity contribution in [1.82, 2.24) is 4.31 Å². The highest BCUT2D eigenvalue weighted by Gasteiger charge is 2.56. The van der Waals surface area contributed by atoms with Gasteiger partial charge in [-0.25, -0.2) is 8.42 Å². The Morgan fingerprint density at radius 3 is 2.63 bits per heavy atom. The number of ether oxygens (including phenoxy) is 2. The van der Waals surface area contributed by atoms with Gasteiger partial charge < -0.3 is 9.47 Å². The lowest BCUT2D eigenvalue weighted by Gasteiger charge is -2.51. The fourth-order valence-electron chi connectivity index (χ4n) is 4.23. The average Bonchev–Trinajstić information content (AvgIpc) is 2.60. The third kappa shape index (κ3) is 3.72. The van der Waals surface area contributed by atoms with Crippen LogP contribution in [0.5, 0.6) is 5.75 Å². The van der Waals surface area contributed by atoms with E-state index in [0.29, 0.717) is 12.2 Å². The maximum Gasteiger partial charge on any atom is 0.325 e. The highest BCUT2D eigenvalue weighted by Crippen LogP contribution is 2.44. The average molecular weight is 396 g/mol. The van der Waals surface area contributed by atoms with E-state index in [9.17, 15) is 13.2 Å². The zero-order valence-electron chi connectivity index (χ0n) is 16.5. The van der Waals surface area contributed by atoms with E-state index in [4.69, 9.17) is 9.47 Å². The lowest BCUT2D eigenvalue weighted by molar-refractivity contribution is -0.183. The minimum absolute atomic E-state index is 0.111. The molecule has 2 bridgehead atoms. The zero-order valence-corrected chi connectivity index (χ0v) is 17.3. The number of piperidine rings is 1. The maximum atomic E-state index is 13.4. The molecule has 0 aromatic heterocycles. The van der Waals surface area contributed by atoms with Crippen LogP contribution in [0.4, 0.5) is 0 Å². The smallest absolute Gasteiger partial charge is 0.325 e. The van der Waals surface area contributed by atoms with Crippen molar-refractivity contribution >= 4 is 16.0 Å². The van der Waals surface area contributed by atoms with Crippen LogP contribution in [0.15, 0.2) is 23.1 Å². The molecule has 0 N–H and O–H groups in total. The van der Waals surface area contributed by atoms with Gasteiger partial charge in [0.05, 0.1) is 13.7 Å². The number of hydrogen-bond donors (Lipinski definition) is 0. The van der Waals surface area contributed by atoms with Crippen LogP contribution in [-0.4, -0.2) is 44.5 Å². The summed E-state index contributed by atoms with van der Waals surface area (Å²) in [5.74, 6) is -0.127. The standard InChI is InChI=1S/C20H29NO5S/c1-5-6-7-8-14-9-10-17(16(11-14)25-4)27(23,24)21-13-15-12-20(2,3)18(21)19(22)26-15/h9-11,15,18H,5-8,12-13H2,1-4H3/t15-,18+/m1/s1.